The molecule has 0 saturated heterocycles. The van der Waals surface area contributed by atoms with Gasteiger partial charge in [-0.3, -0.25) is 9.65 Å². The fourth-order valence-electron chi connectivity index (χ4n) is 0.813. The van der Waals surface area contributed by atoms with Crippen LogP contribution in [-0.4, -0.2) is 10.0 Å². The van der Waals surface area contributed by atoms with Crippen LogP contribution in [0.15, 0.2) is 30.3 Å². The molecule has 7 heteroatoms. The molecule has 0 heterocycles. The highest BCUT2D eigenvalue weighted by atomic mass is 32.7. The molecule has 4 nitrogen and oxygen atoms in total. The van der Waals surface area contributed by atoms with Crippen molar-refractivity contribution in [1.29, 1.82) is 0 Å². The number of benzene rings is 1. The number of anilines is 1. The Kier molecular flexibility index (Phi) is 3.95. The maximum Gasteiger partial charge on any atom is 0.347 e. The molecule has 0 aliphatic heterocycles. The molecule has 0 spiro atoms. The van der Waals surface area contributed by atoms with Crippen LogP contribution in [0, 0.1) is 0 Å². The summed E-state index contributed by atoms with van der Waals surface area (Å²) in [6.07, 6.45) is 0. The van der Waals surface area contributed by atoms with Crippen LogP contribution in [0.25, 0.3) is 0 Å². The van der Waals surface area contributed by atoms with Crippen molar-refractivity contribution in [1.82, 2.24) is 5.09 Å². The Morgan fingerprint density at radius 3 is 2.50 bits per heavy atom. The minimum Gasteiger partial charge on any atom is -0.332 e. The van der Waals surface area contributed by atoms with Crippen LogP contribution < -0.4 is 10.4 Å². The normalized spacial score (nSPS) is 14.1. The first-order valence-corrected chi connectivity index (χ1v) is 6.89. The van der Waals surface area contributed by atoms with Crippen LogP contribution in [0.2, 0.25) is 0 Å². The Morgan fingerprint density at radius 2 is 2.00 bits per heavy atom. The van der Waals surface area contributed by atoms with Crippen molar-refractivity contribution in [3.05, 3.63) is 30.3 Å². The van der Waals surface area contributed by atoms with Crippen molar-refractivity contribution in [2.24, 2.45) is 0 Å². The maximum absolute atomic E-state index is 10.8. The van der Waals surface area contributed by atoms with E-state index in [0.29, 0.717) is 0 Å². The predicted molar refractivity (Wildman–Crippen MR) is 64.6 cm³/mol. The Bertz CT molecular complexity index is 365. The third-order valence-electron chi connectivity index (χ3n) is 1.28. The Labute approximate surface area is 92.4 Å². The van der Waals surface area contributed by atoms with Gasteiger partial charge in [-0.1, -0.05) is 30.4 Å². The van der Waals surface area contributed by atoms with E-state index in [1.807, 2.05) is 18.2 Å². The predicted octanol–water partition coefficient (Wildman–Crippen LogP) is 2.00. The monoisotopic (exact) mass is 248 g/mol. The molecule has 1 atom stereocenters. The molecule has 0 saturated carbocycles. The first-order chi connectivity index (χ1) is 6.47. The lowest BCUT2D eigenvalue weighted by Crippen LogP contribution is -2.24. The van der Waals surface area contributed by atoms with Crippen LogP contribution in [0.4, 0.5) is 5.69 Å². The minimum atomic E-state index is -3.62. The molecule has 76 valence electrons. The average Bonchev–Trinajstić information content (AvgIpc) is 2.02. The summed E-state index contributed by atoms with van der Waals surface area (Å²) in [5, 5.41) is 4.97. The van der Waals surface area contributed by atoms with E-state index in [9.17, 15) is 4.57 Å². The van der Waals surface area contributed by atoms with Gasteiger partial charge >= 0.3 is 6.72 Å². The standard InChI is InChI=1S/C7H9N2O2PS2/c10-12(11,14)9-7(13)8-6-4-2-1-3-5-6/h1-5H,(H4,8,9,10,11,13,14). The quantitative estimate of drug-likeness (QED) is 0.366. The molecule has 0 aliphatic carbocycles. The summed E-state index contributed by atoms with van der Waals surface area (Å²) in [6.45, 7) is -3.62. The average molecular weight is 248 g/mol. The number of thiol groups is 1. The van der Waals surface area contributed by atoms with Crippen LogP contribution in [0.3, 0.4) is 0 Å². The highest BCUT2D eigenvalue weighted by Crippen LogP contribution is 2.40. The summed E-state index contributed by atoms with van der Waals surface area (Å²) in [7, 11) is 0. The van der Waals surface area contributed by atoms with E-state index in [0.717, 1.165) is 5.69 Å². The van der Waals surface area contributed by atoms with Crippen molar-refractivity contribution >= 4 is 42.0 Å². The second-order valence-electron chi connectivity index (χ2n) is 2.48. The van der Waals surface area contributed by atoms with Crippen LogP contribution in [0.1, 0.15) is 0 Å². The van der Waals surface area contributed by atoms with E-state index in [4.69, 9.17) is 17.1 Å². The molecule has 14 heavy (non-hydrogen) atoms. The number of hydrogen-bond donors (Lipinski definition) is 4. The van der Waals surface area contributed by atoms with Gasteiger partial charge in [0.25, 0.3) is 0 Å². The lowest BCUT2D eigenvalue weighted by Gasteiger charge is -2.11. The topological polar surface area (TPSA) is 61.4 Å². The molecule has 0 amide bonds. The van der Waals surface area contributed by atoms with Crippen molar-refractivity contribution in [3.8, 4) is 0 Å². The fourth-order valence-corrected chi connectivity index (χ4v) is 2.13. The van der Waals surface area contributed by atoms with E-state index < -0.39 is 6.72 Å². The van der Waals surface area contributed by atoms with Crippen molar-refractivity contribution < 1.29 is 9.46 Å². The number of hydrogen-bond acceptors (Lipinski definition) is 2. The molecule has 0 bridgehead atoms. The van der Waals surface area contributed by atoms with Gasteiger partial charge in [-0.05, 0) is 24.4 Å². The maximum atomic E-state index is 10.8. The molecule has 0 aliphatic rings. The first kappa shape index (κ1) is 11.5. The molecule has 1 rings (SSSR count). The van der Waals surface area contributed by atoms with Crippen LogP contribution >= 0.6 is 31.2 Å². The van der Waals surface area contributed by atoms with E-state index in [-0.39, 0.29) is 5.11 Å². The van der Waals surface area contributed by atoms with Crippen LogP contribution in [-0.2, 0) is 4.57 Å². The number of thiocarbonyl (C=S) groups is 1. The zero-order valence-corrected chi connectivity index (χ0v) is 9.65. The smallest absolute Gasteiger partial charge is 0.332 e. The molecular weight excluding hydrogens is 239 g/mol. The Morgan fingerprint density at radius 1 is 1.43 bits per heavy atom. The lowest BCUT2D eigenvalue weighted by atomic mass is 10.3. The van der Waals surface area contributed by atoms with Crippen molar-refractivity contribution in [2.75, 3.05) is 5.32 Å². The SMILES string of the molecule is O=P(O)(S)NC(=S)Nc1ccccc1. The van der Waals surface area contributed by atoms with Gasteiger partial charge < -0.3 is 10.2 Å². The highest BCUT2D eigenvalue weighted by Gasteiger charge is 2.11. The van der Waals surface area contributed by atoms with Crippen molar-refractivity contribution in [2.45, 2.75) is 0 Å². The van der Waals surface area contributed by atoms with Gasteiger partial charge in [0.2, 0.25) is 0 Å². The third-order valence-corrected chi connectivity index (χ3v) is 2.45. The molecule has 1 unspecified atom stereocenters. The Balaban J connectivity index is 2.55. The van der Waals surface area contributed by atoms with E-state index in [1.54, 1.807) is 12.1 Å². The molecule has 1 aromatic carbocycles. The highest BCUT2D eigenvalue weighted by molar-refractivity contribution is 8.45. The van der Waals surface area contributed by atoms with Gasteiger partial charge in [0.1, 0.15) is 0 Å². The lowest BCUT2D eigenvalue weighted by molar-refractivity contribution is 0.493. The van der Waals surface area contributed by atoms with Gasteiger partial charge in [-0.15, -0.1) is 0 Å². The van der Waals surface area contributed by atoms with Gasteiger partial charge in [0, 0.05) is 5.69 Å². The van der Waals surface area contributed by atoms with Crippen molar-refractivity contribution in [3.63, 3.8) is 0 Å². The number of para-hydroxylation sites is 1. The number of nitrogens with one attached hydrogen (secondary N) is 2. The molecule has 3 N–H and O–H groups in total. The van der Waals surface area contributed by atoms with Gasteiger partial charge in [0.05, 0.1) is 0 Å². The molecule has 1 aromatic rings. The summed E-state index contributed by atoms with van der Waals surface area (Å²) < 4.78 is 10.8. The fraction of sp³-hybridized carbons (Fsp3) is 0. The van der Waals surface area contributed by atoms with Gasteiger partial charge in [0.15, 0.2) is 5.11 Å². The Hall–Kier alpha value is -0.550. The van der Waals surface area contributed by atoms with Gasteiger partial charge in [-0.2, -0.15) is 0 Å². The number of rotatable bonds is 2. The summed E-state index contributed by atoms with van der Waals surface area (Å²) in [5.74, 6) is 0. The summed E-state index contributed by atoms with van der Waals surface area (Å²) in [5.41, 5.74) is 0.742. The second kappa shape index (κ2) is 4.79. The van der Waals surface area contributed by atoms with E-state index in [1.165, 1.54) is 0 Å². The van der Waals surface area contributed by atoms with E-state index >= 15 is 0 Å². The zero-order chi connectivity index (χ0) is 10.6. The van der Waals surface area contributed by atoms with Crippen LogP contribution in [0.5, 0.6) is 0 Å². The van der Waals surface area contributed by atoms with Gasteiger partial charge in [-0.25, -0.2) is 0 Å². The van der Waals surface area contributed by atoms with E-state index in [2.05, 4.69) is 22.7 Å². The largest absolute Gasteiger partial charge is 0.347 e. The molecule has 0 radical (unpaired) electrons. The molecule has 0 fully saturated rings. The zero-order valence-electron chi connectivity index (χ0n) is 7.04. The third kappa shape index (κ3) is 4.62. The second-order valence-corrected chi connectivity index (χ2v) is 5.82. The summed E-state index contributed by atoms with van der Waals surface area (Å²) >= 11 is 8.21. The first-order valence-electron chi connectivity index (χ1n) is 3.67. The summed E-state index contributed by atoms with van der Waals surface area (Å²) in [4.78, 5) is 8.85. The summed E-state index contributed by atoms with van der Waals surface area (Å²) in [6, 6.07) is 9.08. The molecular formula is C7H9N2O2PS2. The minimum absolute atomic E-state index is 0.0667. The molecule has 0 aromatic heterocycles.